The summed E-state index contributed by atoms with van der Waals surface area (Å²) in [4.78, 5) is 12.2. The minimum Gasteiger partial charge on any atom is -0.489 e. The number of nitrogens with one attached hydrogen (secondary N) is 2. The van der Waals surface area contributed by atoms with Crippen LogP contribution in [0.2, 0.25) is 0 Å². The highest BCUT2D eigenvalue weighted by Gasteiger charge is 2.24. The van der Waals surface area contributed by atoms with Crippen LogP contribution < -0.4 is 15.4 Å². The molecular weight excluding hydrogens is 252 g/mol. The molecule has 0 saturated carbocycles. The van der Waals surface area contributed by atoms with Gasteiger partial charge in [0.05, 0.1) is 6.04 Å². The van der Waals surface area contributed by atoms with Crippen LogP contribution in [0.4, 0.5) is 5.69 Å². The van der Waals surface area contributed by atoms with Crippen LogP contribution >= 0.6 is 0 Å². The van der Waals surface area contributed by atoms with Crippen molar-refractivity contribution in [2.24, 2.45) is 0 Å². The average Bonchev–Trinajstić information content (AvgIpc) is 2.45. The summed E-state index contributed by atoms with van der Waals surface area (Å²) in [7, 11) is 0. The maximum atomic E-state index is 12.2. The Labute approximate surface area is 120 Å². The summed E-state index contributed by atoms with van der Waals surface area (Å²) in [6.45, 7) is 6.18. The molecule has 0 radical (unpaired) electrons. The van der Waals surface area contributed by atoms with E-state index in [2.05, 4.69) is 24.1 Å². The molecular formula is C16H22N2O2. The van der Waals surface area contributed by atoms with Gasteiger partial charge in [0.15, 0.2) is 0 Å². The van der Waals surface area contributed by atoms with Gasteiger partial charge in [0.2, 0.25) is 5.91 Å². The molecule has 108 valence electrons. The Bertz CT molecular complexity index is 473. The molecule has 0 bridgehead atoms. The summed E-state index contributed by atoms with van der Waals surface area (Å²) in [6.07, 6.45) is 4.81. The van der Waals surface area contributed by atoms with E-state index in [0.717, 1.165) is 30.7 Å². The van der Waals surface area contributed by atoms with Crippen molar-refractivity contribution in [2.75, 3.05) is 11.9 Å². The van der Waals surface area contributed by atoms with Crippen molar-refractivity contribution in [2.45, 2.75) is 38.3 Å². The highest BCUT2D eigenvalue weighted by atomic mass is 16.5. The summed E-state index contributed by atoms with van der Waals surface area (Å²) in [5.74, 6) is 0.755. The van der Waals surface area contributed by atoms with Gasteiger partial charge in [-0.15, -0.1) is 0 Å². The van der Waals surface area contributed by atoms with Crippen LogP contribution in [0.15, 0.2) is 36.9 Å². The lowest BCUT2D eigenvalue weighted by molar-refractivity contribution is -0.118. The van der Waals surface area contributed by atoms with Gasteiger partial charge in [0, 0.05) is 17.8 Å². The van der Waals surface area contributed by atoms with Crippen LogP contribution in [0.1, 0.15) is 26.2 Å². The topological polar surface area (TPSA) is 50.4 Å². The second-order valence-corrected chi connectivity index (χ2v) is 5.17. The van der Waals surface area contributed by atoms with E-state index < -0.39 is 0 Å². The maximum Gasteiger partial charge on any atom is 0.241 e. The van der Waals surface area contributed by atoms with Crippen LogP contribution in [0.3, 0.4) is 0 Å². The number of piperidine rings is 1. The number of hydrogen-bond acceptors (Lipinski definition) is 3. The molecule has 20 heavy (non-hydrogen) atoms. The lowest BCUT2D eigenvalue weighted by Crippen LogP contribution is -2.47. The Kier molecular flexibility index (Phi) is 5.18. The fourth-order valence-corrected chi connectivity index (χ4v) is 2.39. The zero-order chi connectivity index (χ0) is 14.4. The molecule has 2 rings (SSSR count). The standard InChI is InChI=1S/C16H22N2O2/c1-3-10-20-14-8-5-7-13(11-14)18-16(19)15-9-4-6-12(2)17-15/h3,5,7-8,11-12,15,17H,1,4,6,9-10H2,2H3,(H,18,19). The molecule has 1 saturated heterocycles. The number of anilines is 1. The molecule has 2 atom stereocenters. The van der Waals surface area contributed by atoms with E-state index in [4.69, 9.17) is 4.74 Å². The molecule has 2 N–H and O–H groups in total. The van der Waals surface area contributed by atoms with Crippen molar-refractivity contribution in [1.29, 1.82) is 0 Å². The van der Waals surface area contributed by atoms with Gasteiger partial charge in [0.1, 0.15) is 12.4 Å². The highest BCUT2D eigenvalue weighted by molar-refractivity contribution is 5.95. The molecule has 1 heterocycles. The molecule has 0 spiro atoms. The number of hydrogen-bond donors (Lipinski definition) is 2. The van der Waals surface area contributed by atoms with Crippen LogP contribution in [0, 0.1) is 0 Å². The minimum atomic E-state index is -0.100. The van der Waals surface area contributed by atoms with Crippen LogP contribution in [0.25, 0.3) is 0 Å². The SMILES string of the molecule is C=CCOc1cccc(NC(=O)C2CCCC(C)N2)c1. The smallest absolute Gasteiger partial charge is 0.241 e. The van der Waals surface area contributed by atoms with Gasteiger partial charge in [-0.05, 0) is 38.3 Å². The lowest BCUT2D eigenvalue weighted by atomic mass is 9.99. The van der Waals surface area contributed by atoms with Gasteiger partial charge in [-0.1, -0.05) is 18.7 Å². The third kappa shape index (κ3) is 4.10. The Morgan fingerprint density at radius 2 is 2.40 bits per heavy atom. The van der Waals surface area contributed by atoms with Gasteiger partial charge in [-0.2, -0.15) is 0 Å². The Hall–Kier alpha value is -1.81. The normalized spacial score (nSPS) is 22.1. The zero-order valence-corrected chi connectivity index (χ0v) is 11.9. The van der Waals surface area contributed by atoms with Crippen molar-refractivity contribution in [3.63, 3.8) is 0 Å². The van der Waals surface area contributed by atoms with E-state index in [9.17, 15) is 4.79 Å². The fourth-order valence-electron chi connectivity index (χ4n) is 2.39. The van der Waals surface area contributed by atoms with Gasteiger partial charge >= 0.3 is 0 Å². The molecule has 1 aliphatic rings. The van der Waals surface area contributed by atoms with Crippen molar-refractivity contribution in [3.05, 3.63) is 36.9 Å². The molecule has 4 heteroatoms. The highest BCUT2D eigenvalue weighted by Crippen LogP contribution is 2.19. The third-order valence-electron chi connectivity index (χ3n) is 3.40. The van der Waals surface area contributed by atoms with Crippen LogP contribution in [0.5, 0.6) is 5.75 Å². The Morgan fingerprint density at radius 1 is 1.55 bits per heavy atom. The fraction of sp³-hybridized carbons (Fsp3) is 0.438. The summed E-state index contributed by atoms with van der Waals surface area (Å²) in [6, 6.07) is 7.72. The molecule has 1 aromatic carbocycles. The first kappa shape index (κ1) is 14.6. The van der Waals surface area contributed by atoms with Gasteiger partial charge in [-0.25, -0.2) is 0 Å². The number of ether oxygens (including phenoxy) is 1. The molecule has 1 aliphatic heterocycles. The predicted octanol–water partition coefficient (Wildman–Crippen LogP) is 2.72. The number of benzene rings is 1. The first-order chi connectivity index (χ1) is 9.69. The number of amides is 1. The van der Waals surface area contributed by atoms with Crippen LogP contribution in [-0.4, -0.2) is 24.6 Å². The number of carbonyl (C=O) groups excluding carboxylic acids is 1. The monoisotopic (exact) mass is 274 g/mol. The molecule has 1 fully saturated rings. The van der Waals surface area contributed by atoms with E-state index in [1.165, 1.54) is 0 Å². The second kappa shape index (κ2) is 7.10. The number of rotatable bonds is 5. The predicted molar refractivity (Wildman–Crippen MR) is 81.0 cm³/mol. The first-order valence-electron chi connectivity index (χ1n) is 7.09. The van der Waals surface area contributed by atoms with E-state index in [1.807, 2.05) is 24.3 Å². The summed E-state index contributed by atoms with van der Waals surface area (Å²) >= 11 is 0. The summed E-state index contributed by atoms with van der Waals surface area (Å²) in [5.41, 5.74) is 0.761. The quantitative estimate of drug-likeness (QED) is 0.812. The van der Waals surface area contributed by atoms with Crippen LogP contribution in [-0.2, 0) is 4.79 Å². The lowest BCUT2D eigenvalue weighted by Gasteiger charge is -2.27. The molecule has 0 aliphatic carbocycles. The second-order valence-electron chi connectivity index (χ2n) is 5.17. The number of carbonyl (C=O) groups is 1. The molecule has 4 nitrogen and oxygen atoms in total. The van der Waals surface area contributed by atoms with Gasteiger partial charge in [-0.3, -0.25) is 4.79 Å². The minimum absolute atomic E-state index is 0.0254. The maximum absolute atomic E-state index is 12.2. The van der Waals surface area contributed by atoms with Crippen molar-refractivity contribution < 1.29 is 9.53 Å². The van der Waals surface area contributed by atoms with E-state index in [-0.39, 0.29) is 11.9 Å². The molecule has 1 amide bonds. The summed E-state index contributed by atoms with van der Waals surface area (Å²) in [5, 5.41) is 6.27. The Morgan fingerprint density at radius 3 is 3.15 bits per heavy atom. The van der Waals surface area contributed by atoms with Gasteiger partial charge in [0.25, 0.3) is 0 Å². The van der Waals surface area contributed by atoms with E-state index in [1.54, 1.807) is 6.08 Å². The van der Waals surface area contributed by atoms with Crippen molar-refractivity contribution in [1.82, 2.24) is 5.32 Å². The first-order valence-corrected chi connectivity index (χ1v) is 7.09. The van der Waals surface area contributed by atoms with E-state index in [0.29, 0.717) is 12.6 Å². The third-order valence-corrected chi connectivity index (χ3v) is 3.40. The Balaban J connectivity index is 1.94. The summed E-state index contributed by atoms with van der Waals surface area (Å²) < 4.78 is 5.45. The van der Waals surface area contributed by atoms with Gasteiger partial charge < -0.3 is 15.4 Å². The van der Waals surface area contributed by atoms with Crippen molar-refractivity contribution in [3.8, 4) is 5.75 Å². The van der Waals surface area contributed by atoms with Crippen molar-refractivity contribution >= 4 is 11.6 Å². The molecule has 1 aromatic rings. The molecule has 0 aromatic heterocycles. The zero-order valence-electron chi connectivity index (χ0n) is 11.9. The average molecular weight is 274 g/mol. The van der Waals surface area contributed by atoms with E-state index >= 15 is 0 Å². The largest absolute Gasteiger partial charge is 0.489 e. The molecule has 2 unspecified atom stereocenters.